The monoisotopic (exact) mass is 366 g/mol. The fraction of sp³-hybridized carbons (Fsp3) is 0.300. The van der Waals surface area contributed by atoms with Crippen LogP contribution in [-0.4, -0.2) is 35.1 Å². The van der Waals surface area contributed by atoms with Crippen molar-refractivity contribution in [3.8, 4) is 5.88 Å². The molecule has 0 amide bonds. The van der Waals surface area contributed by atoms with Crippen LogP contribution in [0.1, 0.15) is 24.2 Å². The summed E-state index contributed by atoms with van der Waals surface area (Å²) < 4.78 is 5.12. The van der Waals surface area contributed by atoms with E-state index in [2.05, 4.69) is 16.0 Å². The van der Waals surface area contributed by atoms with Crippen LogP contribution in [0.25, 0.3) is 6.08 Å². The molecule has 3 rings (SSSR count). The number of nitrogens with zero attached hydrogens (tertiary/aromatic N) is 4. The van der Waals surface area contributed by atoms with E-state index in [1.54, 1.807) is 13.2 Å². The number of aromatic nitrogens is 2. The first-order valence-electron chi connectivity index (χ1n) is 8.81. The summed E-state index contributed by atoms with van der Waals surface area (Å²) in [6.45, 7) is 3.28. The van der Waals surface area contributed by atoms with E-state index < -0.39 is 0 Å². The number of allylic oxidation sites excluding steroid dienone is 2. The van der Waals surface area contributed by atoms with Gasteiger partial charge in [0.05, 0.1) is 17.7 Å². The van der Waals surface area contributed by atoms with Crippen molar-refractivity contribution in [3.63, 3.8) is 0 Å². The lowest BCUT2D eigenvalue weighted by Gasteiger charge is -2.29. The van der Waals surface area contributed by atoms with Crippen LogP contribution < -0.4 is 9.64 Å². The lowest BCUT2D eigenvalue weighted by molar-refractivity contribution is -0.384. The molecule has 0 atom stereocenters. The third-order valence-electron chi connectivity index (χ3n) is 4.45. The van der Waals surface area contributed by atoms with Crippen molar-refractivity contribution < 1.29 is 9.66 Å². The number of pyridine rings is 2. The second kappa shape index (κ2) is 8.44. The van der Waals surface area contributed by atoms with Gasteiger partial charge in [-0.1, -0.05) is 23.8 Å². The quantitative estimate of drug-likeness (QED) is 0.589. The lowest BCUT2D eigenvalue weighted by atomic mass is 10.0. The van der Waals surface area contributed by atoms with Crippen LogP contribution in [0.2, 0.25) is 0 Å². The molecule has 1 aliphatic heterocycles. The molecule has 7 nitrogen and oxygen atoms in total. The topological polar surface area (TPSA) is 81.4 Å². The van der Waals surface area contributed by atoms with Crippen molar-refractivity contribution in [2.45, 2.75) is 19.8 Å². The second-order valence-electron chi connectivity index (χ2n) is 6.33. The SMILES string of the molecule is COc1cccc(/C=C/C=C2CCN(c3nc(C)ccc3[N+](=O)[O-])CC2)n1. The molecule has 0 saturated carbocycles. The Balaban J connectivity index is 1.65. The van der Waals surface area contributed by atoms with E-state index in [0.717, 1.165) is 24.2 Å². The Labute approximate surface area is 158 Å². The van der Waals surface area contributed by atoms with Gasteiger partial charge in [-0.05, 0) is 38.0 Å². The summed E-state index contributed by atoms with van der Waals surface area (Å²) in [4.78, 5) is 21.6. The molecule has 1 aliphatic rings. The Morgan fingerprint density at radius 2 is 1.96 bits per heavy atom. The molecular formula is C20H22N4O3. The summed E-state index contributed by atoms with van der Waals surface area (Å²) in [6.07, 6.45) is 7.72. The lowest BCUT2D eigenvalue weighted by Crippen LogP contribution is -2.32. The van der Waals surface area contributed by atoms with E-state index in [-0.39, 0.29) is 10.6 Å². The van der Waals surface area contributed by atoms with Crippen molar-refractivity contribution in [3.05, 3.63) is 69.6 Å². The third-order valence-corrected chi connectivity index (χ3v) is 4.45. The van der Waals surface area contributed by atoms with Gasteiger partial charge in [-0.25, -0.2) is 9.97 Å². The molecule has 0 N–H and O–H groups in total. The summed E-state index contributed by atoms with van der Waals surface area (Å²) in [5.41, 5.74) is 2.99. The Hall–Kier alpha value is -3.22. The minimum Gasteiger partial charge on any atom is -0.481 e. The number of piperidine rings is 1. The fourth-order valence-electron chi connectivity index (χ4n) is 3.00. The molecule has 0 aliphatic carbocycles. The van der Waals surface area contributed by atoms with E-state index in [0.29, 0.717) is 24.8 Å². The summed E-state index contributed by atoms with van der Waals surface area (Å²) in [6, 6.07) is 8.84. The molecule has 1 saturated heterocycles. The maximum absolute atomic E-state index is 11.3. The van der Waals surface area contributed by atoms with Gasteiger partial charge in [0, 0.05) is 30.9 Å². The highest BCUT2D eigenvalue weighted by Gasteiger charge is 2.23. The van der Waals surface area contributed by atoms with Crippen LogP contribution in [0, 0.1) is 17.0 Å². The van der Waals surface area contributed by atoms with Gasteiger partial charge in [0.2, 0.25) is 11.7 Å². The van der Waals surface area contributed by atoms with E-state index in [4.69, 9.17) is 4.74 Å². The highest BCUT2D eigenvalue weighted by Crippen LogP contribution is 2.29. The van der Waals surface area contributed by atoms with Crippen LogP contribution in [-0.2, 0) is 0 Å². The van der Waals surface area contributed by atoms with Gasteiger partial charge >= 0.3 is 5.69 Å². The molecule has 27 heavy (non-hydrogen) atoms. The zero-order valence-electron chi connectivity index (χ0n) is 15.5. The average Bonchev–Trinajstić information content (AvgIpc) is 2.68. The molecule has 0 aromatic carbocycles. The Kier molecular flexibility index (Phi) is 5.80. The van der Waals surface area contributed by atoms with Crippen molar-refractivity contribution in [2.24, 2.45) is 0 Å². The largest absolute Gasteiger partial charge is 0.481 e. The zero-order valence-corrected chi connectivity index (χ0v) is 15.5. The van der Waals surface area contributed by atoms with E-state index in [9.17, 15) is 10.1 Å². The maximum atomic E-state index is 11.3. The number of aryl methyl sites for hydroxylation is 1. The molecule has 0 bridgehead atoms. The average molecular weight is 366 g/mol. The third kappa shape index (κ3) is 4.69. The number of ether oxygens (including phenoxy) is 1. The molecule has 1 fully saturated rings. The van der Waals surface area contributed by atoms with E-state index in [1.165, 1.54) is 11.6 Å². The number of hydrogen-bond acceptors (Lipinski definition) is 6. The first kappa shape index (κ1) is 18.6. The molecule has 0 spiro atoms. The van der Waals surface area contributed by atoms with Crippen LogP contribution in [0.3, 0.4) is 0 Å². The highest BCUT2D eigenvalue weighted by molar-refractivity contribution is 5.59. The standard InChI is InChI=1S/C20H22N4O3/c1-15-9-10-18(24(25)26)20(21-15)23-13-11-16(12-14-23)5-3-6-17-7-4-8-19(22-17)27-2/h3-10H,11-14H2,1-2H3/b6-3+. The molecule has 0 radical (unpaired) electrons. The fourth-order valence-corrected chi connectivity index (χ4v) is 3.00. The molecule has 140 valence electrons. The molecule has 3 heterocycles. The normalized spacial score (nSPS) is 14.4. The molecule has 0 unspecified atom stereocenters. The molecular weight excluding hydrogens is 344 g/mol. The van der Waals surface area contributed by atoms with Crippen molar-refractivity contribution in [1.82, 2.24) is 9.97 Å². The summed E-state index contributed by atoms with van der Waals surface area (Å²) >= 11 is 0. The summed E-state index contributed by atoms with van der Waals surface area (Å²) in [7, 11) is 1.60. The maximum Gasteiger partial charge on any atom is 0.311 e. The number of rotatable bonds is 5. The number of hydrogen-bond donors (Lipinski definition) is 0. The Morgan fingerprint density at radius 3 is 2.67 bits per heavy atom. The van der Waals surface area contributed by atoms with Crippen molar-refractivity contribution in [2.75, 3.05) is 25.1 Å². The number of nitro groups is 1. The van der Waals surface area contributed by atoms with Crippen LogP contribution in [0.4, 0.5) is 11.5 Å². The molecule has 7 heteroatoms. The Morgan fingerprint density at radius 1 is 1.19 bits per heavy atom. The predicted octanol–water partition coefficient (Wildman–Crippen LogP) is 3.94. The van der Waals surface area contributed by atoms with Gasteiger partial charge in [-0.2, -0.15) is 0 Å². The van der Waals surface area contributed by atoms with Gasteiger partial charge in [0.25, 0.3) is 0 Å². The van der Waals surface area contributed by atoms with E-state index >= 15 is 0 Å². The predicted molar refractivity (Wildman–Crippen MR) is 105 cm³/mol. The minimum atomic E-state index is -0.364. The van der Waals surface area contributed by atoms with Crippen molar-refractivity contribution in [1.29, 1.82) is 0 Å². The number of methoxy groups -OCH3 is 1. The first-order chi connectivity index (χ1) is 13.1. The smallest absolute Gasteiger partial charge is 0.311 e. The van der Waals surface area contributed by atoms with Gasteiger partial charge in [-0.3, -0.25) is 10.1 Å². The molecule has 2 aromatic heterocycles. The summed E-state index contributed by atoms with van der Waals surface area (Å²) in [5.74, 6) is 1.06. The Bertz CT molecular complexity index is 883. The van der Waals surface area contributed by atoms with E-state index in [1.807, 2.05) is 42.2 Å². The van der Waals surface area contributed by atoms with Crippen LogP contribution in [0.15, 0.2) is 48.1 Å². The second-order valence-corrected chi connectivity index (χ2v) is 6.33. The summed E-state index contributed by atoms with van der Waals surface area (Å²) in [5, 5.41) is 11.3. The van der Waals surface area contributed by atoms with Crippen LogP contribution in [0.5, 0.6) is 5.88 Å². The number of anilines is 1. The van der Waals surface area contributed by atoms with Gasteiger partial charge in [0.15, 0.2) is 0 Å². The van der Waals surface area contributed by atoms with Gasteiger partial charge in [0.1, 0.15) is 0 Å². The van der Waals surface area contributed by atoms with Gasteiger partial charge in [-0.15, -0.1) is 0 Å². The zero-order chi connectivity index (χ0) is 19.2. The van der Waals surface area contributed by atoms with Gasteiger partial charge < -0.3 is 9.64 Å². The molecule has 2 aromatic rings. The highest BCUT2D eigenvalue weighted by atomic mass is 16.6. The minimum absolute atomic E-state index is 0.0667. The van der Waals surface area contributed by atoms with Crippen LogP contribution >= 0.6 is 0 Å². The first-order valence-corrected chi connectivity index (χ1v) is 8.81. The van der Waals surface area contributed by atoms with Crippen molar-refractivity contribution >= 4 is 17.6 Å².